The molecule has 1 aliphatic heterocycles. The molecule has 2 N–H and O–H groups in total. The molecule has 0 saturated carbocycles. The predicted octanol–water partition coefficient (Wildman–Crippen LogP) is -0.350. The maximum atomic E-state index is 11.3. The lowest BCUT2D eigenvalue weighted by molar-refractivity contribution is -0.136. The minimum Gasteiger partial charge on any atom is -0.340 e. The summed E-state index contributed by atoms with van der Waals surface area (Å²) in [6, 6.07) is -0.660. The molecule has 0 aromatic carbocycles. The fourth-order valence-electron chi connectivity index (χ4n) is 1.17. The number of hydrogen-bond acceptors (Lipinski definition) is 3. The van der Waals surface area contributed by atoms with Gasteiger partial charge in [-0.05, 0) is 6.42 Å². The van der Waals surface area contributed by atoms with Crippen LogP contribution in [0.5, 0.6) is 0 Å². The zero-order chi connectivity index (χ0) is 11.4. The zero-order valence-corrected chi connectivity index (χ0v) is 8.21. The summed E-state index contributed by atoms with van der Waals surface area (Å²) in [7, 11) is 0. The first-order valence-electron chi connectivity index (χ1n) is 4.50. The van der Waals surface area contributed by atoms with E-state index in [1.54, 1.807) is 0 Å². The van der Waals surface area contributed by atoms with E-state index in [1.807, 2.05) is 0 Å². The molecule has 0 bridgehead atoms. The van der Waals surface area contributed by atoms with Crippen LogP contribution in [0.25, 0.3) is 0 Å². The summed E-state index contributed by atoms with van der Waals surface area (Å²) in [5.41, 5.74) is 0.194. The lowest BCUT2D eigenvalue weighted by atomic mass is 10.1. The molecule has 0 aromatic rings. The molecule has 1 rings (SSSR count). The van der Waals surface area contributed by atoms with Crippen LogP contribution in [0.4, 0.5) is 0 Å². The predicted molar refractivity (Wildman–Crippen MR) is 53.7 cm³/mol. The number of carbonyl (C=O) groups is 3. The van der Waals surface area contributed by atoms with Crippen molar-refractivity contribution < 1.29 is 14.4 Å². The van der Waals surface area contributed by atoms with E-state index in [0.717, 1.165) is 0 Å². The van der Waals surface area contributed by atoms with E-state index in [1.165, 1.54) is 6.08 Å². The second-order valence-corrected chi connectivity index (χ2v) is 3.21. The van der Waals surface area contributed by atoms with Crippen LogP contribution in [0.1, 0.15) is 12.8 Å². The third-order valence-electron chi connectivity index (χ3n) is 2.08. The van der Waals surface area contributed by atoms with Crippen LogP contribution >= 0.6 is 0 Å². The smallest absolute Gasteiger partial charge is 0.251 e. The molecule has 1 unspecified atom stereocenters. The number of hydrogen-bond donors (Lipinski definition) is 2. The van der Waals surface area contributed by atoms with E-state index in [4.69, 9.17) is 0 Å². The topological polar surface area (TPSA) is 75.3 Å². The van der Waals surface area contributed by atoms with Crippen LogP contribution in [-0.2, 0) is 14.4 Å². The Morgan fingerprint density at radius 1 is 1.53 bits per heavy atom. The Kier molecular flexibility index (Phi) is 3.38. The van der Waals surface area contributed by atoms with Gasteiger partial charge in [-0.3, -0.25) is 19.7 Å². The van der Waals surface area contributed by atoms with Gasteiger partial charge in [-0.2, -0.15) is 0 Å². The first-order valence-corrected chi connectivity index (χ1v) is 4.50. The number of rotatable bonds is 3. The molecule has 1 fully saturated rings. The Morgan fingerprint density at radius 2 is 2.20 bits per heavy atom. The first-order chi connectivity index (χ1) is 7.04. The molecule has 1 saturated heterocycles. The number of carbonyl (C=O) groups excluding carboxylic acids is 3. The molecular formula is C10H12N2O3. The fraction of sp³-hybridized carbons (Fsp3) is 0.300. The Bertz CT molecular complexity index is 347. The quantitative estimate of drug-likeness (QED) is 0.378. The van der Waals surface area contributed by atoms with Crippen LogP contribution in [0.3, 0.4) is 0 Å². The van der Waals surface area contributed by atoms with E-state index < -0.39 is 17.9 Å². The Hall–Kier alpha value is -1.91. The molecule has 1 heterocycles. The highest BCUT2D eigenvalue weighted by Crippen LogP contribution is 2.05. The molecule has 0 aliphatic carbocycles. The third kappa shape index (κ3) is 2.77. The normalized spacial score (nSPS) is 20.4. The van der Waals surface area contributed by atoms with Crippen LogP contribution in [0.2, 0.25) is 0 Å². The van der Waals surface area contributed by atoms with E-state index in [0.29, 0.717) is 6.42 Å². The van der Waals surface area contributed by atoms with E-state index in [2.05, 4.69) is 23.8 Å². The largest absolute Gasteiger partial charge is 0.340 e. The Morgan fingerprint density at radius 3 is 2.73 bits per heavy atom. The fourth-order valence-corrected chi connectivity index (χ4v) is 1.17. The molecule has 0 aromatic heterocycles. The standard InChI is InChI=1S/C10H12N2O3/c1-3-6(2)9(14)11-7-4-5-8(13)12-10(7)15/h3,7H,1-2,4-5H2,(H,11,14)(H,12,13,15). The van der Waals surface area contributed by atoms with Crippen LogP contribution in [0, 0.1) is 0 Å². The van der Waals surface area contributed by atoms with Gasteiger partial charge in [0.25, 0.3) is 5.91 Å². The van der Waals surface area contributed by atoms with Crippen molar-refractivity contribution in [2.24, 2.45) is 0 Å². The monoisotopic (exact) mass is 208 g/mol. The Balaban J connectivity index is 2.55. The highest BCUT2D eigenvalue weighted by molar-refractivity contribution is 6.04. The molecule has 1 aliphatic rings. The molecule has 15 heavy (non-hydrogen) atoms. The molecule has 0 radical (unpaired) electrons. The maximum absolute atomic E-state index is 11.3. The van der Waals surface area contributed by atoms with Crippen molar-refractivity contribution in [2.75, 3.05) is 0 Å². The average molecular weight is 208 g/mol. The number of nitrogens with one attached hydrogen (secondary N) is 2. The summed E-state index contributed by atoms with van der Waals surface area (Å²) in [5, 5.41) is 4.61. The van der Waals surface area contributed by atoms with Gasteiger partial charge in [-0.25, -0.2) is 0 Å². The minimum atomic E-state index is -0.660. The minimum absolute atomic E-state index is 0.194. The first kappa shape index (κ1) is 11.2. The zero-order valence-electron chi connectivity index (χ0n) is 8.21. The summed E-state index contributed by atoms with van der Waals surface area (Å²) in [6.45, 7) is 6.84. The second kappa shape index (κ2) is 4.54. The van der Waals surface area contributed by atoms with Crippen molar-refractivity contribution in [1.29, 1.82) is 0 Å². The highest BCUT2D eigenvalue weighted by Gasteiger charge is 2.27. The van der Waals surface area contributed by atoms with Crippen molar-refractivity contribution in [3.63, 3.8) is 0 Å². The summed E-state index contributed by atoms with van der Waals surface area (Å²) >= 11 is 0. The third-order valence-corrected chi connectivity index (χ3v) is 2.08. The van der Waals surface area contributed by atoms with Crippen molar-refractivity contribution in [1.82, 2.24) is 10.6 Å². The molecule has 80 valence electrons. The van der Waals surface area contributed by atoms with Crippen LogP contribution < -0.4 is 10.6 Å². The van der Waals surface area contributed by atoms with E-state index in [-0.39, 0.29) is 17.9 Å². The molecular weight excluding hydrogens is 196 g/mol. The van der Waals surface area contributed by atoms with Crippen LogP contribution in [0.15, 0.2) is 24.8 Å². The SMILES string of the molecule is C=CC(=C)C(=O)NC1CCC(=O)NC1=O. The maximum Gasteiger partial charge on any atom is 0.251 e. The van der Waals surface area contributed by atoms with Crippen molar-refractivity contribution in [2.45, 2.75) is 18.9 Å². The molecule has 5 heteroatoms. The van der Waals surface area contributed by atoms with Gasteiger partial charge in [0.15, 0.2) is 0 Å². The average Bonchev–Trinajstić information content (AvgIpc) is 2.20. The number of piperidine rings is 1. The van der Waals surface area contributed by atoms with Crippen molar-refractivity contribution in [3.05, 3.63) is 24.8 Å². The lowest BCUT2D eigenvalue weighted by Gasteiger charge is -2.21. The molecule has 3 amide bonds. The highest BCUT2D eigenvalue weighted by atomic mass is 16.2. The summed E-state index contributed by atoms with van der Waals surface area (Å²) < 4.78 is 0. The van der Waals surface area contributed by atoms with Gasteiger partial charge in [0, 0.05) is 12.0 Å². The van der Waals surface area contributed by atoms with Gasteiger partial charge < -0.3 is 5.32 Å². The van der Waals surface area contributed by atoms with Crippen molar-refractivity contribution >= 4 is 17.7 Å². The Labute approximate surface area is 87.2 Å². The van der Waals surface area contributed by atoms with Crippen molar-refractivity contribution in [3.8, 4) is 0 Å². The number of imide groups is 1. The van der Waals surface area contributed by atoms with Gasteiger partial charge in [-0.1, -0.05) is 19.2 Å². The molecule has 0 spiro atoms. The number of amides is 3. The van der Waals surface area contributed by atoms with Gasteiger partial charge in [0.2, 0.25) is 11.8 Å². The van der Waals surface area contributed by atoms with Gasteiger partial charge in [0.1, 0.15) is 6.04 Å². The molecule has 1 atom stereocenters. The summed E-state index contributed by atoms with van der Waals surface area (Å²) in [4.78, 5) is 33.4. The van der Waals surface area contributed by atoms with Gasteiger partial charge >= 0.3 is 0 Å². The summed E-state index contributed by atoms with van der Waals surface area (Å²) in [5.74, 6) is -1.23. The lowest BCUT2D eigenvalue weighted by Crippen LogP contribution is -2.52. The van der Waals surface area contributed by atoms with E-state index >= 15 is 0 Å². The van der Waals surface area contributed by atoms with E-state index in [9.17, 15) is 14.4 Å². The molecule has 5 nitrogen and oxygen atoms in total. The van der Waals surface area contributed by atoms with Gasteiger partial charge in [0.05, 0.1) is 0 Å². The van der Waals surface area contributed by atoms with Gasteiger partial charge in [-0.15, -0.1) is 0 Å². The van der Waals surface area contributed by atoms with Crippen LogP contribution in [-0.4, -0.2) is 23.8 Å². The second-order valence-electron chi connectivity index (χ2n) is 3.21. The summed E-state index contributed by atoms with van der Waals surface area (Å²) in [6.07, 6.45) is 1.86.